The van der Waals surface area contributed by atoms with E-state index in [0.717, 1.165) is 6.42 Å². The van der Waals surface area contributed by atoms with Crippen LogP contribution in [0.4, 0.5) is 0 Å². The molecule has 0 aromatic heterocycles. The molecule has 0 heterocycles. The molecule has 0 rings (SSSR count). The third-order valence-electron chi connectivity index (χ3n) is 1.37. The Morgan fingerprint density at radius 1 is 1.55 bits per heavy atom. The van der Waals surface area contributed by atoms with E-state index in [1.54, 1.807) is 6.92 Å². The Bertz CT molecular complexity index is 159. The Hall–Kier alpha value is -0.790. The van der Waals surface area contributed by atoms with Crippen molar-refractivity contribution in [1.29, 1.82) is 0 Å². The van der Waals surface area contributed by atoms with E-state index in [-0.39, 0.29) is 11.9 Å². The minimum atomic E-state index is 0.0332. The van der Waals surface area contributed by atoms with Gasteiger partial charge < -0.3 is 4.74 Å². The van der Waals surface area contributed by atoms with E-state index in [1.807, 2.05) is 13.8 Å². The van der Waals surface area contributed by atoms with Crippen LogP contribution in [-0.2, 0) is 9.53 Å². The summed E-state index contributed by atoms with van der Waals surface area (Å²) in [6, 6.07) is 0. The van der Waals surface area contributed by atoms with Crippen molar-refractivity contribution < 1.29 is 9.53 Å². The highest BCUT2D eigenvalue weighted by Crippen LogP contribution is 2.04. The first-order valence-electron chi connectivity index (χ1n) is 3.91. The highest BCUT2D eigenvalue weighted by atomic mass is 16.5. The largest absolute Gasteiger partial charge is 0.495 e. The molecule has 1 unspecified atom stereocenters. The van der Waals surface area contributed by atoms with Crippen molar-refractivity contribution >= 4 is 5.78 Å². The van der Waals surface area contributed by atoms with Crippen molar-refractivity contribution in [3.8, 4) is 0 Å². The van der Waals surface area contributed by atoms with Gasteiger partial charge in [-0.1, -0.05) is 6.92 Å². The third-order valence-corrected chi connectivity index (χ3v) is 1.37. The maximum atomic E-state index is 10.6. The van der Waals surface area contributed by atoms with Gasteiger partial charge in [0.25, 0.3) is 0 Å². The summed E-state index contributed by atoms with van der Waals surface area (Å²) in [7, 11) is 0. The molecule has 0 spiro atoms. The van der Waals surface area contributed by atoms with Crippen molar-refractivity contribution in [3.05, 3.63) is 11.8 Å². The minimum Gasteiger partial charge on any atom is -0.495 e. The van der Waals surface area contributed by atoms with E-state index in [2.05, 4.69) is 0 Å². The Kier molecular flexibility index (Phi) is 4.59. The molecule has 0 N–H and O–H groups in total. The molecule has 11 heavy (non-hydrogen) atoms. The van der Waals surface area contributed by atoms with E-state index in [0.29, 0.717) is 5.76 Å². The van der Waals surface area contributed by atoms with Crippen LogP contribution in [0.25, 0.3) is 0 Å². The second-order valence-corrected chi connectivity index (χ2v) is 2.70. The van der Waals surface area contributed by atoms with Gasteiger partial charge in [-0.05, 0) is 27.2 Å². The third kappa shape index (κ3) is 5.64. The summed E-state index contributed by atoms with van der Waals surface area (Å²) >= 11 is 0. The first-order chi connectivity index (χ1) is 5.06. The smallest absolute Gasteiger partial charge is 0.155 e. The van der Waals surface area contributed by atoms with Crippen LogP contribution >= 0.6 is 0 Å². The van der Waals surface area contributed by atoms with E-state index in [1.165, 1.54) is 13.0 Å². The van der Waals surface area contributed by atoms with Crippen LogP contribution < -0.4 is 0 Å². The van der Waals surface area contributed by atoms with Crippen LogP contribution in [-0.4, -0.2) is 11.9 Å². The summed E-state index contributed by atoms with van der Waals surface area (Å²) in [5, 5.41) is 0. The fraction of sp³-hybridized carbons (Fsp3) is 0.667. The molecule has 0 amide bonds. The summed E-state index contributed by atoms with van der Waals surface area (Å²) in [6.45, 7) is 7.35. The molecule has 0 aliphatic rings. The molecule has 0 saturated heterocycles. The fourth-order valence-electron chi connectivity index (χ4n) is 0.721. The quantitative estimate of drug-likeness (QED) is 0.461. The van der Waals surface area contributed by atoms with Gasteiger partial charge in [0.1, 0.15) is 0 Å². The van der Waals surface area contributed by atoms with Crippen molar-refractivity contribution in [2.75, 3.05) is 0 Å². The summed E-state index contributed by atoms with van der Waals surface area (Å²) in [5.74, 6) is 0.734. The number of hydrogen-bond acceptors (Lipinski definition) is 2. The lowest BCUT2D eigenvalue weighted by Gasteiger charge is -2.11. The lowest BCUT2D eigenvalue weighted by atomic mass is 10.3. The molecular formula is C9H16O2. The number of allylic oxidation sites excluding steroid dienone is 2. The van der Waals surface area contributed by atoms with Crippen LogP contribution in [0.3, 0.4) is 0 Å². The maximum absolute atomic E-state index is 10.6. The highest BCUT2D eigenvalue weighted by molar-refractivity contribution is 5.87. The van der Waals surface area contributed by atoms with E-state index in [4.69, 9.17) is 4.74 Å². The van der Waals surface area contributed by atoms with Crippen LogP contribution in [0.2, 0.25) is 0 Å². The lowest BCUT2D eigenvalue weighted by Crippen LogP contribution is -2.05. The number of hydrogen-bond donors (Lipinski definition) is 0. The number of rotatable bonds is 4. The van der Waals surface area contributed by atoms with Gasteiger partial charge in [0.15, 0.2) is 5.78 Å². The number of ketones is 1. The average molecular weight is 156 g/mol. The van der Waals surface area contributed by atoms with E-state index >= 15 is 0 Å². The van der Waals surface area contributed by atoms with E-state index in [9.17, 15) is 4.79 Å². The first-order valence-corrected chi connectivity index (χ1v) is 3.91. The SMILES string of the molecule is CCC(C)O/C(C)=C/C(C)=O. The summed E-state index contributed by atoms with van der Waals surface area (Å²) in [4.78, 5) is 10.6. The maximum Gasteiger partial charge on any atom is 0.155 e. The van der Waals surface area contributed by atoms with Gasteiger partial charge in [0.2, 0.25) is 0 Å². The highest BCUT2D eigenvalue weighted by Gasteiger charge is 1.99. The lowest BCUT2D eigenvalue weighted by molar-refractivity contribution is -0.112. The zero-order valence-corrected chi connectivity index (χ0v) is 7.68. The van der Waals surface area contributed by atoms with Crippen LogP contribution in [0.1, 0.15) is 34.1 Å². The fourth-order valence-corrected chi connectivity index (χ4v) is 0.721. The van der Waals surface area contributed by atoms with Gasteiger partial charge in [0.05, 0.1) is 11.9 Å². The topological polar surface area (TPSA) is 26.3 Å². The molecule has 2 nitrogen and oxygen atoms in total. The summed E-state index contributed by atoms with van der Waals surface area (Å²) < 4.78 is 5.35. The Morgan fingerprint density at radius 3 is 2.45 bits per heavy atom. The minimum absolute atomic E-state index is 0.0332. The van der Waals surface area contributed by atoms with Gasteiger partial charge in [-0.2, -0.15) is 0 Å². The number of carbonyl (C=O) groups is 1. The molecule has 0 aliphatic carbocycles. The molecule has 0 fully saturated rings. The molecule has 64 valence electrons. The Morgan fingerprint density at radius 2 is 2.09 bits per heavy atom. The standard InChI is InChI=1S/C9H16O2/c1-5-8(3)11-9(4)6-7(2)10/h6,8H,5H2,1-4H3/b9-6+. The monoisotopic (exact) mass is 156 g/mol. The summed E-state index contributed by atoms with van der Waals surface area (Å²) in [5.41, 5.74) is 0. The van der Waals surface area contributed by atoms with Crippen LogP contribution in [0, 0.1) is 0 Å². The van der Waals surface area contributed by atoms with Crippen molar-refractivity contribution in [2.24, 2.45) is 0 Å². The molecule has 0 radical (unpaired) electrons. The van der Waals surface area contributed by atoms with Crippen LogP contribution in [0.15, 0.2) is 11.8 Å². The second-order valence-electron chi connectivity index (χ2n) is 2.70. The van der Waals surface area contributed by atoms with Gasteiger partial charge in [-0.15, -0.1) is 0 Å². The Labute approximate surface area is 68.2 Å². The summed E-state index contributed by atoms with van der Waals surface area (Å²) in [6.07, 6.45) is 2.67. The number of ether oxygens (including phenoxy) is 1. The van der Waals surface area contributed by atoms with Crippen molar-refractivity contribution in [3.63, 3.8) is 0 Å². The van der Waals surface area contributed by atoms with Crippen LogP contribution in [0.5, 0.6) is 0 Å². The molecule has 0 aliphatic heterocycles. The van der Waals surface area contributed by atoms with Gasteiger partial charge in [-0.3, -0.25) is 4.79 Å². The molecule has 0 bridgehead atoms. The van der Waals surface area contributed by atoms with Crippen molar-refractivity contribution in [2.45, 2.75) is 40.2 Å². The average Bonchev–Trinajstić information content (AvgIpc) is 1.85. The van der Waals surface area contributed by atoms with Gasteiger partial charge in [-0.25, -0.2) is 0 Å². The molecular weight excluding hydrogens is 140 g/mol. The Balaban J connectivity index is 3.85. The van der Waals surface area contributed by atoms with Gasteiger partial charge in [0, 0.05) is 6.08 Å². The second kappa shape index (κ2) is 4.94. The predicted octanol–water partition coefficient (Wildman–Crippen LogP) is 2.29. The molecule has 0 aromatic rings. The first kappa shape index (κ1) is 10.2. The molecule has 0 aromatic carbocycles. The normalized spacial score (nSPS) is 14.4. The zero-order chi connectivity index (χ0) is 8.85. The molecule has 2 heteroatoms. The molecule has 0 saturated carbocycles. The van der Waals surface area contributed by atoms with Crippen molar-refractivity contribution in [1.82, 2.24) is 0 Å². The van der Waals surface area contributed by atoms with E-state index < -0.39 is 0 Å². The predicted molar refractivity (Wildman–Crippen MR) is 45.3 cm³/mol. The number of carbonyl (C=O) groups excluding carboxylic acids is 1. The molecule has 1 atom stereocenters. The van der Waals surface area contributed by atoms with Gasteiger partial charge >= 0.3 is 0 Å². The zero-order valence-electron chi connectivity index (χ0n) is 7.68.